The van der Waals surface area contributed by atoms with Gasteiger partial charge in [0.25, 0.3) is 0 Å². The van der Waals surface area contributed by atoms with Crippen LogP contribution in [0.15, 0.2) is 0 Å². The fourth-order valence-corrected chi connectivity index (χ4v) is 0. The topological polar surface area (TPSA) is 241 Å². The maximum absolute atomic E-state index is 8.58. The third kappa shape index (κ3) is 759. The summed E-state index contributed by atoms with van der Waals surface area (Å²) in [5.74, 6) is 0. The molecule has 0 saturated carbocycles. The third-order valence-corrected chi connectivity index (χ3v) is 0. The maximum Gasteiger partial charge on any atom is 3.00 e. The summed E-state index contributed by atoms with van der Waals surface area (Å²) in [6.45, 7) is 0. The van der Waals surface area contributed by atoms with Gasteiger partial charge in [-0.25, -0.2) is 0 Å². The molecule has 0 aliphatic carbocycles. The molecule has 17 heavy (non-hydrogen) atoms. The van der Waals surface area contributed by atoms with E-state index in [0.29, 0.717) is 0 Å². The van der Waals surface area contributed by atoms with Gasteiger partial charge < -0.3 is 0 Å². The van der Waals surface area contributed by atoms with Crippen molar-refractivity contribution in [3.8, 4) is 0 Å². The van der Waals surface area contributed by atoms with E-state index in [1.807, 2.05) is 0 Å². The molecule has 100 valence electrons. The van der Waals surface area contributed by atoms with E-state index in [1.165, 1.54) is 0 Å². The van der Waals surface area contributed by atoms with Crippen LogP contribution in [0.2, 0.25) is 0 Å². The Morgan fingerprint density at radius 3 is 0.471 bits per heavy atom. The molecule has 0 aromatic carbocycles. The van der Waals surface area contributed by atoms with Crippen molar-refractivity contribution in [2.75, 3.05) is 0 Å². The molecule has 1 radical (unpaired) electrons. The first-order valence-corrected chi connectivity index (χ1v) is 7.63. The van der Waals surface area contributed by atoms with Crippen LogP contribution < -0.4 is 25.1 Å². The SMILES string of the molecule is [Ce+3].[O]=[Mn](=[O])([O-])[O-].[O]=[Mn](=[O])([O-])[O-].[O]=[Mn](=[O])([O-])[O-].[Y+3]. The van der Waals surface area contributed by atoms with Crippen molar-refractivity contribution in [1.82, 2.24) is 0 Å². The van der Waals surface area contributed by atoms with Gasteiger partial charge in [0.1, 0.15) is 0 Å². The van der Waals surface area contributed by atoms with Crippen LogP contribution in [0.1, 0.15) is 0 Å². The molecule has 17 heteroatoms. The zero-order chi connectivity index (χ0) is 13.5. The molecule has 0 atom stereocenters. The average Bonchev–Trinajstić information content (AvgIpc) is 1.41. The van der Waals surface area contributed by atoms with Crippen LogP contribution in [-0.4, -0.2) is 0 Å². The van der Waals surface area contributed by atoms with Crippen molar-refractivity contribution < 1.29 is 163 Å². The van der Waals surface area contributed by atoms with Crippen molar-refractivity contribution in [3.05, 3.63) is 0 Å². The molecule has 0 rings (SSSR count). The summed E-state index contributed by atoms with van der Waals surface area (Å²) in [6.07, 6.45) is 0. The van der Waals surface area contributed by atoms with Gasteiger partial charge in [-0.15, -0.1) is 0 Å². The Hall–Kier alpha value is 2.60. The molecule has 0 aromatic rings. The van der Waals surface area contributed by atoms with Gasteiger partial charge in [-0.3, -0.25) is 0 Å². The molecular weight excluding hydrogens is 586 g/mol. The van der Waals surface area contributed by atoms with Crippen molar-refractivity contribution in [2.45, 2.75) is 0 Å². The van der Waals surface area contributed by atoms with Gasteiger partial charge in [0, 0.05) is 0 Å². The molecule has 0 aliphatic rings. The van der Waals surface area contributed by atoms with E-state index < -0.39 is 40.1 Å². The zero-order valence-corrected chi connectivity index (χ0v) is 16.6. The molecule has 0 heterocycles. The molecule has 0 bridgehead atoms. The third-order valence-electron chi connectivity index (χ3n) is 0. The average molecular weight is 586 g/mol. The normalized spacial score (nSPS) is 10.2. The van der Waals surface area contributed by atoms with Crippen molar-refractivity contribution >= 4 is 0 Å². The molecular formula is CeMn3O12Y. The second kappa shape index (κ2) is 13.6. The number of rotatable bonds is 0. The van der Waals surface area contributed by atoms with E-state index in [-0.39, 0.29) is 74.5 Å². The molecule has 0 saturated heterocycles. The van der Waals surface area contributed by atoms with Crippen LogP contribution in [0, 0.1) is 41.7 Å². The monoisotopic (exact) mass is 586 g/mol. The summed E-state index contributed by atoms with van der Waals surface area (Å²) in [4.78, 5) is 0. The molecule has 0 spiro atoms. The maximum atomic E-state index is 8.58. The van der Waals surface area contributed by atoms with E-state index >= 15 is 0 Å². The van der Waals surface area contributed by atoms with Crippen LogP contribution in [0.4, 0.5) is 0 Å². The summed E-state index contributed by atoms with van der Waals surface area (Å²) in [5, 5.41) is 0. The summed E-state index contributed by atoms with van der Waals surface area (Å²) in [5.41, 5.74) is 0. The first-order valence-electron chi connectivity index (χ1n) is 1.85. The van der Waals surface area contributed by atoms with Crippen LogP contribution in [-0.2, 0) is 95.8 Å². The quantitative estimate of drug-likeness (QED) is 0.241. The Labute approximate surface area is 160 Å². The van der Waals surface area contributed by atoms with Gasteiger partial charge >= 0.3 is 163 Å². The van der Waals surface area contributed by atoms with Crippen LogP contribution in [0.5, 0.6) is 0 Å². The number of hydrogen-bond donors (Lipinski definition) is 0. The van der Waals surface area contributed by atoms with Crippen LogP contribution >= 0.6 is 0 Å². The Morgan fingerprint density at radius 1 is 0.471 bits per heavy atom. The van der Waals surface area contributed by atoms with Gasteiger partial charge in [-0.05, 0) is 0 Å². The Bertz CT molecular complexity index is 343. The molecule has 0 aromatic heterocycles. The van der Waals surface area contributed by atoms with Crippen molar-refractivity contribution in [2.24, 2.45) is 0 Å². The first-order chi connectivity index (χ1) is 6.00. The van der Waals surface area contributed by atoms with Gasteiger partial charge in [0.2, 0.25) is 0 Å². The van der Waals surface area contributed by atoms with Crippen LogP contribution in [0.3, 0.4) is 0 Å². The van der Waals surface area contributed by atoms with Gasteiger partial charge in [0.05, 0.1) is 0 Å². The minimum atomic E-state index is -5.62. The smallest absolute Gasteiger partial charge is 3.00 e. The largest absolute Gasteiger partial charge is 3.00 e. The van der Waals surface area contributed by atoms with Crippen LogP contribution in [0.25, 0.3) is 0 Å². The van der Waals surface area contributed by atoms with E-state index in [2.05, 4.69) is 0 Å². The second-order valence-electron chi connectivity index (χ2n) is 1.13. The van der Waals surface area contributed by atoms with Crippen molar-refractivity contribution in [3.63, 3.8) is 0 Å². The van der Waals surface area contributed by atoms with E-state index in [0.717, 1.165) is 0 Å². The fraction of sp³-hybridized carbons (Fsp3) is 0. The fourth-order valence-electron chi connectivity index (χ4n) is 0. The Balaban J connectivity index is -0.0000000400. The molecule has 0 N–H and O–H groups in total. The molecule has 0 aliphatic heterocycles. The first kappa shape index (κ1) is 31.8. The van der Waals surface area contributed by atoms with Crippen molar-refractivity contribution in [1.29, 1.82) is 0 Å². The standard InChI is InChI=1S/Ce.3Mn.12O.Y/q+3;;;;;;;;;;6*-1;+3. The molecule has 0 amide bonds. The summed E-state index contributed by atoms with van der Waals surface area (Å²) in [7, 11) is 0. The Kier molecular flexibility index (Phi) is 25.4. The minimum Gasteiger partial charge on any atom is 3.00 e. The van der Waals surface area contributed by atoms with E-state index in [9.17, 15) is 0 Å². The zero-order valence-electron chi connectivity index (χ0n) is 7.11. The van der Waals surface area contributed by atoms with Gasteiger partial charge in [0.15, 0.2) is 0 Å². The number of hydrogen-bond acceptors (Lipinski definition) is 12. The summed E-state index contributed by atoms with van der Waals surface area (Å²) >= 11 is -16.9. The van der Waals surface area contributed by atoms with Gasteiger partial charge in [-0.1, -0.05) is 0 Å². The predicted octanol–water partition coefficient (Wildman–Crippen LogP) is -7.86. The summed E-state index contributed by atoms with van der Waals surface area (Å²) < 4.78 is 103. The molecule has 0 fully saturated rings. The predicted molar refractivity (Wildman–Crippen MR) is 4.12 cm³/mol. The van der Waals surface area contributed by atoms with E-state index in [4.69, 9.17) is 48.1 Å². The summed E-state index contributed by atoms with van der Waals surface area (Å²) in [6, 6.07) is 0. The van der Waals surface area contributed by atoms with E-state index in [1.54, 1.807) is 0 Å². The Morgan fingerprint density at radius 2 is 0.471 bits per heavy atom. The molecule has 12 nitrogen and oxygen atoms in total. The minimum absolute atomic E-state index is 0. The second-order valence-corrected chi connectivity index (χ2v) is 4.68. The van der Waals surface area contributed by atoms with Gasteiger partial charge in [-0.2, -0.15) is 0 Å². The molecule has 0 unspecified atom stereocenters.